The molecule has 0 bridgehead atoms. The van der Waals surface area contributed by atoms with Crippen molar-refractivity contribution in [3.05, 3.63) is 89.2 Å². The van der Waals surface area contributed by atoms with Crippen molar-refractivity contribution in [2.24, 2.45) is 0 Å². The number of aryl methyl sites for hydroxylation is 1. The van der Waals surface area contributed by atoms with E-state index in [4.69, 9.17) is 9.47 Å². The van der Waals surface area contributed by atoms with Crippen LogP contribution in [-0.2, 0) is 33.0 Å². The molecule has 4 rings (SSSR count). The quantitative estimate of drug-likeness (QED) is 0.146. The Bertz CT molecular complexity index is 1420. The fraction of sp³-hybridized carbons (Fsp3) is 0.455. The Kier molecular flexibility index (Phi) is 11.5. The summed E-state index contributed by atoms with van der Waals surface area (Å²) in [5.74, 6) is -0.321. The molecule has 0 amide bonds. The topological polar surface area (TPSA) is 75.1 Å². The van der Waals surface area contributed by atoms with E-state index in [2.05, 4.69) is 14.8 Å². The Morgan fingerprint density at radius 2 is 1.59 bits per heavy atom. The zero-order valence-electron chi connectivity index (χ0n) is 25.6. The van der Waals surface area contributed by atoms with Gasteiger partial charge in [0.05, 0.1) is 13.0 Å². The summed E-state index contributed by atoms with van der Waals surface area (Å²) in [5.41, 5.74) is -2.47. The number of piperazine rings is 1. The highest BCUT2D eigenvalue weighted by molar-refractivity contribution is 5.70. The fourth-order valence-electron chi connectivity index (χ4n) is 5.62. The van der Waals surface area contributed by atoms with E-state index in [-0.39, 0.29) is 25.0 Å². The van der Waals surface area contributed by atoms with E-state index in [0.29, 0.717) is 62.7 Å². The number of rotatable bonds is 12. The van der Waals surface area contributed by atoms with Crippen LogP contribution in [0.25, 0.3) is 11.1 Å². The van der Waals surface area contributed by atoms with Crippen LogP contribution < -0.4 is 0 Å². The van der Waals surface area contributed by atoms with Crippen LogP contribution in [0.2, 0.25) is 0 Å². The molecule has 250 valence electrons. The van der Waals surface area contributed by atoms with E-state index in [1.165, 1.54) is 0 Å². The highest BCUT2D eigenvalue weighted by atomic mass is 19.4. The highest BCUT2D eigenvalue weighted by Crippen LogP contribution is 2.50. The van der Waals surface area contributed by atoms with Gasteiger partial charge in [-0.2, -0.15) is 26.3 Å². The van der Waals surface area contributed by atoms with Crippen LogP contribution in [0, 0.1) is 6.92 Å². The molecule has 1 aromatic heterocycles. The Morgan fingerprint density at radius 3 is 2.20 bits per heavy atom. The third-order valence-electron chi connectivity index (χ3n) is 8.05. The number of esters is 1. The van der Waals surface area contributed by atoms with Crippen molar-refractivity contribution in [1.82, 2.24) is 14.8 Å². The number of nitrogens with zero attached hydrogens (tertiary/aromatic N) is 3. The first-order valence-corrected chi connectivity index (χ1v) is 14.9. The van der Waals surface area contributed by atoms with Crippen molar-refractivity contribution >= 4 is 5.97 Å². The molecule has 0 spiro atoms. The zero-order valence-corrected chi connectivity index (χ0v) is 25.6. The Labute approximate surface area is 263 Å². The molecular formula is C33H37F6N3O4. The summed E-state index contributed by atoms with van der Waals surface area (Å²) in [5, 5.41) is 9.70. The molecule has 0 saturated carbocycles. The second-order valence-corrected chi connectivity index (χ2v) is 11.3. The molecule has 46 heavy (non-hydrogen) atoms. The van der Waals surface area contributed by atoms with Gasteiger partial charge in [0.2, 0.25) is 0 Å². The number of ether oxygens (including phenoxy) is 2. The van der Waals surface area contributed by atoms with Crippen LogP contribution >= 0.6 is 0 Å². The van der Waals surface area contributed by atoms with Crippen molar-refractivity contribution in [1.29, 1.82) is 0 Å². The summed E-state index contributed by atoms with van der Waals surface area (Å²) < 4.78 is 90.5. The van der Waals surface area contributed by atoms with E-state index >= 15 is 0 Å². The number of aliphatic hydroxyl groups is 1. The smallest absolute Gasteiger partial charge is 0.430 e. The fourth-order valence-corrected chi connectivity index (χ4v) is 5.62. The lowest BCUT2D eigenvalue weighted by atomic mass is 9.90. The average Bonchev–Trinajstić information content (AvgIpc) is 3.00. The third-order valence-corrected chi connectivity index (χ3v) is 8.05. The second-order valence-electron chi connectivity index (χ2n) is 11.3. The van der Waals surface area contributed by atoms with Gasteiger partial charge in [0.15, 0.2) is 0 Å². The van der Waals surface area contributed by atoms with Gasteiger partial charge in [-0.25, -0.2) is 0 Å². The number of carbonyl (C=O) groups excluding carboxylic acids is 1. The summed E-state index contributed by atoms with van der Waals surface area (Å²) >= 11 is 0. The monoisotopic (exact) mass is 653 g/mol. The summed E-state index contributed by atoms with van der Waals surface area (Å²) in [6.45, 7) is 8.00. The zero-order chi connectivity index (χ0) is 33.5. The van der Waals surface area contributed by atoms with Gasteiger partial charge in [-0.05, 0) is 53.8 Å². The third kappa shape index (κ3) is 8.44. The number of benzene rings is 2. The molecule has 1 atom stereocenters. The summed E-state index contributed by atoms with van der Waals surface area (Å²) in [6.07, 6.45) is -8.24. The van der Waals surface area contributed by atoms with Crippen LogP contribution in [-0.4, -0.2) is 83.7 Å². The first-order chi connectivity index (χ1) is 21.7. The maximum atomic E-state index is 13.3. The highest BCUT2D eigenvalue weighted by Gasteiger charge is 2.71. The second kappa shape index (κ2) is 14.9. The van der Waals surface area contributed by atoms with Gasteiger partial charge < -0.3 is 14.6 Å². The number of hydrogen-bond donors (Lipinski definition) is 1. The van der Waals surface area contributed by atoms with Gasteiger partial charge >= 0.3 is 18.3 Å². The van der Waals surface area contributed by atoms with Crippen molar-refractivity contribution in [2.45, 2.75) is 57.4 Å². The minimum atomic E-state index is -5.95. The molecule has 1 unspecified atom stereocenters. The van der Waals surface area contributed by atoms with Crippen LogP contribution in [0.3, 0.4) is 0 Å². The van der Waals surface area contributed by atoms with E-state index < -0.39 is 23.5 Å². The molecule has 3 aromatic rings. The molecule has 13 heteroatoms. The molecule has 0 aliphatic carbocycles. The molecule has 0 radical (unpaired) electrons. The van der Waals surface area contributed by atoms with Gasteiger partial charge in [-0.1, -0.05) is 42.5 Å². The first-order valence-electron chi connectivity index (χ1n) is 14.9. The van der Waals surface area contributed by atoms with Crippen LogP contribution in [0.15, 0.2) is 67.0 Å². The molecule has 7 nitrogen and oxygen atoms in total. The van der Waals surface area contributed by atoms with Gasteiger partial charge in [0, 0.05) is 63.3 Å². The Hall–Kier alpha value is -3.52. The average molecular weight is 654 g/mol. The largest absolute Gasteiger partial charge is 0.463 e. The number of halogens is 6. The summed E-state index contributed by atoms with van der Waals surface area (Å²) in [6, 6.07) is 12.8. The predicted octanol–water partition coefficient (Wildman–Crippen LogP) is 6.03. The summed E-state index contributed by atoms with van der Waals surface area (Å²) in [7, 11) is 0. The SMILES string of the molecule is CCOCCOC(=O)CC1CN(Cc2ccncc2)CCN1Cc1ccc(-c2ccc(C(O)(C(F)(F)F)C(F)(F)F)cc2)c(C)c1. The number of pyridine rings is 1. The van der Waals surface area contributed by atoms with Gasteiger partial charge in [0.25, 0.3) is 5.60 Å². The first kappa shape index (κ1) is 35.3. The maximum Gasteiger partial charge on any atom is 0.430 e. The predicted molar refractivity (Wildman–Crippen MR) is 158 cm³/mol. The standard InChI is InChI=1S/C33H37F6N3O4/c1-3-45-16-17-46-30(43)19-28-22-41(20-24-10-12-40-13-11-24)14-15-42(28)21-25-4-9-29(23(2)18-25)26-5-7-27(8-6-26)31(44,32(34,35)36)33(37,38)39/h4-13,18,28,44H,3,14-17,19-22H2,1-2H3. The Morgan fingerprint density at radius 1 is 0.913 bits per heavy atom. The molecule has 1 fully saturated rings. The number of hydrogen-bond acceptors (Lipinski definition) is 7. The molecule has 1 N–H and O–H groups in total. The van der Waals surface area contributed by atoms with E-state index in [9.17, 15) is 36.2 Å². The van der Waals surface area contributed by atoms with E-state index in [1.807, 2.05) is 31.2 Å². The number of aromatic nitrogens is 1. The van der Waals surface area contributed by atoms with Crippen LogP contribution in [0.1, 0.15) is 35.6 Å². The molecular weight excluding hydrogens is 616 g/mol. The normalized spacial score (nSPS) is 16.8. The lowest BCUT2D eigenvalue weighted by Gasteiger charge is -2.41. The minimum absolute atomic E-state index is 0.135. The van der Waals surface area contributed by atoms with Gasteiger partial charge in [0.1, 0.15) is 6.61 Å². The molecule has 2 heterocycles. The minimum Gasteiger partial charge on any atom is -0.463 e. The van der Waals surface area contributed by atoms with Crippen molar-refractivity contribution in [2.75, 3.05) is 39.5 Å². The molecule has 1 aliphatic rings. The van der Waals surface area contributed by atoms with Crippen LogP contribution in [0.5, 0.6) is 0 Å². The molecule has 1 saturated heterocycles. The van der Waals surface area contributed by atoms with Gasteiger partial charge in [-0.15, -0.1) is 0 Å². The lowest BCUT2D eigenvalue weighted by Crippen LogP contribution is -2.53. The van der Waals surface area contributed by atoms with Crippen molar-refractivity contribution in [3.63, 3.8) is 0 Å². The summed E-state index contributed by atoms with van der Waals surface area (Å²) in [4.78, 5) is 21.3. The van der Waals surface area contributed by atoms with Gasteiger partial charge in [-0.3, -0.25) is 19.6 Å². The van der Waals surface area contributed by atoms with Crippen LogP contribution in [0.4, 0.5) is 26.3 Å². The van der Waals surface area contributed by atoms with Crippen molar-refractivity contribution < 1.29 is 45.7 Å². The number of carbonyl (C=O) groups is 1. The van der Waals surface area contributed by atoms with E-state index in [0.717, 1.165) is 35.4 Å². The Balaban J connectivity index is 1.49. The van der Waals surface area contributed by atoms with E-state index in [1.54, 1.807) is 25.4 Å². The lowest BCUT2D eigenvalue weighted by molar-refractivity contribution is -0.376. The van der Waals surface area contributed by atoms with Crippen molar-refractivity contribution in [3.8, 4) is 11.1 Å². The maximum absolute atomic E-state index is 13.3. The molecule has 1 aliphatic heterocycles. The molecule has 2 aromatic carbocycles. The number of alkyl halides is 6.